The molecular weight excluding hydrogens is 224 g/mol. The quantitative estimate of drug-likeness (QED) is 0.814. The van der Waals surface area contributed by atoms with Gasteiger partial charge in [0.15, 0.2) is 11.5 Å². The van der Waals surface area contributed by atoms with Crippen LogP contribution in [0.2, 0.25) is 0 Å². The van der Waals surface area contributed by atoms with Crippen LogP contribution in [0, 0.1) is 6.42 Å². The summed E-state index contributed by atoms with van der Waals surface area (Å²) in [5.41, 5.74) is 2.61. The predicted octanol–water partition coefficient (Wildman–Crippen LogP) is 3.40. The van der Waals surface area contributed by atoms with Gasteiger partial charge in [0.2, 0.25) is 6.79 Å². The van der Waals surface area contributed by atoms with Gasteiger partial charge in [0.25, 0.3) is 0 Å². The Morgan fingerprint density at radius 3 is 2.50 bits per heavy atom. The minimum atomic E-state index is 0.340. The van der Waals surface area contributed by atoms with Gasteiger partial charge in [-0.1, -0.05) is 36.4 Å². The number of ether oxygens (including phenoxy) is 2. The van der Waals surface area contributed by atoms with Crippen LogP contribution in [-0.2, 0) is 12.8 Å². The lowest BCUT2D eigenvalue weighted by atomic mass is 10.0. The van der Waals surface area contributed by atoms with E-state index in [1.807, 2.05) is 12.1 Å². The molecule has 0 aliphatic carbocycles. The Hall–Kier alpha value is -1.96. The van der Waals surface area contributed by atoms with E-state index >= 15 is 0 Å². The van der Waals surface area contributed by atoms with Crippen LogP contribution in [0.5, 0.6) is 11.5 Å². The van der Waals surface area contributed by atoms with Gasteiger partial charge in [0.1, 0.15) is 0 Å². The smallest absolute Gasteiger partial charge is 0.231 e. The monoisotopic (exact) mass is 239 g/mol. The van der Waals surface area contributed by atoms with Crippen molar-refractivity contribution in [3.63, 3.8) is 0 Å². The first-order valence-corrected chi connectivity index (χ1v) is 6.16. The van der Waals surface area contributed by atoms with Crippen molar-refractivity contribution in [2.24, 2.45) is 0 Å². The van der Waals surface area contributed by atoms with Crippen molar-refractivity contribution >= 4 is 0 Å². The molecule has 2 heteroatoms. The fourth-order valence-corrected chi connectivity index (χ4v) is 2.09. The van der Waals surface area contributed by atoms with Crippen LogP contribution in [0.4, 0.5) is 0 Å². The molecule has 91 valence electrons. The summed E-state index contributed by atoms with van der Waals surface area (Å²) < 4.78 is 10.7. The summed E-state index contributed by atoms with van der Waals surface area (Å²) in [7, 11) is 0. The van der Waals surface area contributed by atoms with E-state index in [9.17, 15) is 0 Å². The average Bonchev–Trinajstić information content (AvgIpc) is 2.87. The summed E-state index contributed by atoms with van der Waals surface area (Å²) in [4.78, 5) is 0. The van der Waals surface area contributed by atoms with Crippen LogP contribution in [-0.4, -0.2) is 6.79 Å². The first kappa shape index (κ1) is 11.1. The van der Waals surface area contributed by atoms with Gasteiger partial charge in [-0.3, -0.25) is 0 Å². The fraction of sp³-hybridized carbons (Fsp3) is 0.188. The largest absolute Gasteiger partial charge is 0.454 e. The van der Waals surface area contributed by atoms with E-state index in [1.54, 1.807) is 0 Å². The molecule has 18 heavy (non-hydrogen) atoms. The standard InChI is InChI=1S/C16H15O2/c1-2-5-13(6-3-1)7-4-8-14-9-10-15-16(11-14)18-12-17-15/h1-6,9-11H,7-8,12H2. The Kier molecular flexibility index (Phi) is 3.18. The molecule has 0 unspecified atom stereocenters. The molecule has 0 aromatic heterocycles. The summed E-state index contributed by atoms with van der Waals surface area (Å²) in [6.07, 6.45) is 4.23. The van der Waals surface area contributed by atoms with Gasteiger partial charge >= 0.3 is 0 Å². The molecule has 0 spiro atoms. The molecule has 1 radical (unpaired) electrons. The summed E-state index contributed by atoms with van der Waals surface area (Å²) in [5, 5.41) is 0. The molecule has 1 heterocycles. The lowest BCUT2D eigenvalue weighted by Gasteiger charge is -2.03. The highest BCUT2D eigenvalue weighted by molar-refractivity contribution is 5.44. The minimum Gasteiger partial charge on any atom is -0.454 e. The highest BCUT2D eigenvalue weighted by atomic mass is 16.7. The Bertz CT molecular complexity index is 520. The molecule has 2 aromatic carbocycles. The molecule has 1 aliphatic rings. The van der Waals surface area contributed by atoms with Crippen molar-refractivity contribution in [2.45, 2.75) is 12.8 Å². The second-order valence-corrected chi connectivity index (χ2v) is 4.37. The van der Waals surface area contributed by atoms with Gasteiger partial charge in [-0.25, -0.2) is 0 Å². The third kappa shape index (κ3) is 2.48. The second kappa shape index (κ2) is 5.13. The normalized spacial score (nSPS) is 12.7. The van der Waals surface area contributed by atoms with Crippen LogP contribution < -0.4 is 9.47 Å². The number of fused-ring (bicyclic) bond motifs is 1. The molecular formula is C16H15O2. The molecule has 0 saturated carbocycles. The SMILES string of the molecule is [CH](Cc1ccccc1)Cc1ccc2c(c1)OCO2. The van der Waals surface area contributed by atoms with Crippen LogP contribution >= 0.6 is 0 Å². The van der Waals surface area contributed by atoms with E-state index in [2.05, 4.69) is 42.8 Å². The average molecular weight is 239 g/mol. The summed E-state index contributed by atoms with van der Waals surface area (Å²) in [6.45, 7) is 0.340. The van der Waals surface area contributed by atoms with E-state index in [0.29, 0.717) is 6.79 Å². The van der Waals surface area contributed by atoms with Crippen molar-refractivity contribution in [2.75, 3.05) is 6.79 Å². The van der Waals surface area contributed by atoms with E-state index in [0.717, 1.165) is 24.3 Å². The number of hydrogen-bond donors (Lipinski definition) is 0. The molecule has 1 aliphatic heterocycles. The third-order valence-electron chi connectivity index (χ3n) is 3.04. The Labute approximate surface area is 107 Å². The number of benzene rings is 2. The molecule has 3 rings (SSSR count). The maximum Gasteiger partial charge on any atom is 0.231 e. The molecule has 0 saturated heterocycles. The number of hydrogen-bond acceptors (Lipinski definition) is 2. The zero-order valence-electron chi connectivity index (χ0n) is 10.1. The maximum absolute atomic E-state index is 5.37. The van der Waals surface area contributed by atoms with Crippen molar-refractivity contribution in [3.05, 3.63) is 66.1 Å². The fourth-order valence-electron chi connectivity index (χ4n) is 2.09. The van der Waals surface area contributed by atoms with Gasteiger partial charge in [-0.15, -0.1) is 0 Å². The molecule has 2 nitrogen and oxygen atoms in total. The molecule has 0 amide bonds. The topological polar surface area (TPSA) is 18.5 Å². The zero-order chi connectivity index (χ0) is 12.2. The van der Waals surface area contributed by atoms with Gasteiger partial charge < -0.3 is 9.47 Å². The molecule has 2 aromatic rings. The Morgan fingerprint density at radius 1 is 0.833 bits per heavy atom. The van der Waals surface area contributed by atoms with E-state index < -0.39 is 0 Å². The summed E-state index contributed by atoms with van der Waals surface area (Å²) >= 11 is 0. The summed E-state index contributed by atoms with van der Waals surface area (Å²) in [5.74, 6) is 1.71. The van der Waals surface area contributed by atoms with Gasteiger partial charge in [-0.05, 0) is 42.5 Å². The maximum atomic E-state index is 5.37. The molecule has 0 atom stereocenters. The highest BCUT2D eigenvalue weighted by Crippen LogP contribution is 2.32. The van der Waals surface area contributed by atoms with Crippen molar-refractivity contribution in [1.82, 2.24) is 0 Å². The highest BCUT2D eigenvalue weighted by Gasteiger charge is 2.12. The lowest BCUT2D eigenvalue weighted by Crippen LogP contribution is -1.93. The second-order valence-electron chi connectivity index (χ2n) is 4.37. The minimum absolute atomic E-state index is 0.340. The zero-order valence-corrected chi connectivity index (χ0v) is 10.1. The van der Waals surface area contributed by atoms with Crippen molar-refractivity contribution in [1.29, 1.82) is 0 Å². The first-order valence-electron chi connectivity index (χ1n) is 6.16. The first-order chi connectivity index (χ1) is 8.92. The third-order valence-corrected chi connectivity index (χ3v) is 3.04. The van der Waals surface area contributed by atoms with Crippen LogP contribution in [0.3, 0.4) is 0 Å². The van der Waals surface area contributed by atoms with Crippen molar-refractivity contribution < 1.29 is 9.47 Å². The van der Waals surface area contributed by atoms with Gasteiger partial charge in [0, 0.05) is 0 Å². The van der Waals surface area contributed by atoms with Crippen LogP contribution in [0.1, 0.15) is 11.1 Å². The van der Waals surface area contributed by atoms with Crippen LogP contribution in [0.15, 0.2) is 48.5 Å². The Balaban J connectivity index is 1.57. The van der Waals surface area contributed by atoms with Gasteiger partial charge in [0.05, 0.1) is 0 Å². The lowest BCUT2D eigenvalue weighted by molar-refractivity contribution is 0.174. The Morgan fingerprint density at radius 2 is 1.61 bits per heavy atom. The number of rotatable bonds is 4. The van der Waals surface area contributed by atoms with Gasteiger partial charge in [-0.2, -0.15) is 0 Å². The van der Waals surface area contributed by atoms with Crippen molar-refractivity contribution in [3.8, 4) is 11.5 Å². The van der Waals surface area contributed by atoms with Crippen LogP contribution in [0.25, 0.3) is 0 Å². The van der Waals surface area contributed by atoms with E-state index in [4.69, 9.17) is 9.47 Å². The molecule has 0 fully saturated rings. The predicted molar refractivity (Wildman–Crippen MR) is 70.7 cm³/mol. The van der Waals surface area contributed by atoms with E-state index in [-0.39, 0.29) is 0 Å². The molecule has 0 N–H and O–H groups in total. The summed E-state index contributed by atoms with van der Waals surface area (Å²) in [6, 6.07) is 16.6. The molecule has 0 bridgehead atoms. The van der Waals surface area contributed by atoms with E-state index in [1.165, 1.54) is 11.1 Å².